The molecule has 1 nitrogen and oxygen atoms in total. The highest BCUT2D eigenvalue weighted by Crippen LogP contribution is 2.22. The van der Waals surface area contributed by atoms with Crippen LogP contribution in [0.25, 0.3) is 0 Å². The summed E-state index contributed by atoms with van der Waals surface area (Å²) in [4.78, 5) is 1.41. The molecule has 1 atom stereocenters. The van der Waals surface area contributed by atoms with Gasteiger partial charge in [0.1, 0.15) is 0 Å². The summed E-state index contributed by atoms with van der Waals surface area (Å²) in [5.41, 5.74) is 2.39. The highest BCUT2D eigenvalue weighted by molar-refractivity contribution is 7.09. The number of thiophene rings is 1. The molecule has 108 valence electrons. The maximum absolute atomic E-state index is 10.3. The lowest BCUT2D eigenvalue weighted by atomic mass is 9.97. The molecule has 0 aliphatic carbocycles. The molecule has 0 amide bonds. The number of aliphatic hydroxyl groups excluding tert-OH is 1. The van der Waals surface area contributed by atoms with Gasteiger partial charge in [-0.1, -0.05) is 44.2 Å². The van der Waals surface area contributed by atoms with Gasteiger partial charge in [-0.3, -0.25) is 0 Å². The van der Waals surface area contributed by atoms with Gasteiger partial charge in [0, 0.05) is 4.88 Å². The zero-order valence-corrected chi connectivity index (χ0v) is 13.2. The summed E-state index contributed by atoms with van der Waals surface area (Å²) in [7, 11) is 0. The Bertz CT molecular complexity index is 502. The Hall–Kier alpha value is -1.12. The summed E-state index contributed by atoms with van der Waals surface area (Å²) in [6.45, 7) is 4.45. The van der Waals surface area contributed by atoms with Crippen LogP contribution in [0.1, 0.15) is 48.8 Å². The molecular weight excluding hydrogens is 264 g/mol. The molecule has 0 aliphatic heterocycles. The predicted molar refractivity (Wildman–Crippen MR) is 87.2 cm³/mol. The zero-order chi connectivity index (χ0) is 14.4. The van der Waals surface area contributed by atoms with Gasteiger partial charge >= 0.3 is 0 Å². The minimum absolute atomic E-state index is 0.331. The van der Waals surface area contributed by atoms with Crippen LogP contribution in [-0.4, -0.2) is 5.11 Å². The Labute approximate surface area is 126 Å². The van der Waals surface area contributed by atoms with Gasteiger partial charge < -0.3 is 5.11 Å². The highest BCUT2D eigenvalue weighted by atomic mass is 32.1. The van der Waals surface area contributed by atoms with Crippen molar-refractivity contribution in [3.8, 4) is 0 Å². The van der Waals surface area contributed by atoms with Crippen molar-refractivity contribution in [2.45, 2.75) is 45.6 Å². The van der Waals surface area contributed by atoms with Gasteiger partial charge in [-0.2, -0.15) is 0 Å². The van der Waals surface area contributed by atoms with E-state index in [1.807, 2.05) is 6.07 Å². The number of aryl methyl sites for hydroxylation is 1. The average Bonchev–Trinajstić information content (AvgIpc) is 2.91. The van der Waals surface area contributed by atoms with E-state index in [1.54, 1.807) is 11.3 Å². The van der Waals surface area contributed by atoms with Crippen molar-refractivity contribution in [2.24, 2.45) is 5.92 Å². The van der Waals surface area contributed by atoms with Crippen molar-refractivity contribution in [3.63, 3.8) is 0 Å². The Morgan fingerprint density at radius 2 is 2.00 bits per heavy atom. The van der Waals surface area contributed by atoms with E-state index in [-0.39, 0.29) is 6.10 Å². The van der Waals surface area contributed by atoms with Crippen LogP contribution in [0.3, 0.4) is 0 Å². The molecule has 1 aromatic carbocycles. The molecule has 0 spiro atoms. The standard InChI is InChI=1S/C18H24OS/c1-14(2)12-15-6-3-7-16(13-15)18(19)10-4-8-17-9-5-11-20-17/h3,5-7,9,11,13-14,18-19H,4,8,10,12H2,1-2H3. The quantitative estimate of drug-likeness (QED) is 0.760. The first-order valence-electron chi connectivity index (χ1n) is 7.44. The van der Waals surface area contributed by atoms with Crippen LogP contribution in [0.15, 0.2) is 41.8 Å². The number of benzene rings is 1. The summed E-state index contributed by atoms with van der Waals surface area (Å²) >= 11 is 1.80. The molecule has 0 bridgehead atoms. The number of rotatable bonds is 7. The van der Waals surface area contributed by atoms with Gasteiger partial charge in [0.25, 0.3) is 0 Å². The molecule has 0 radical (unpaired) electrons. The second kappa shape index (κ2) is 7.61. The molecule has 0 fully saturated rings. The van der Waals surface area contributed by atoms with E-state index in [0.29, 0.717) is 5.92 Å². The first-order chi connectivity index (χ1) is 9.65. The number of aliphatic hydroxyl groups is 1. The third-order valence-electron chi connectivity index (χ3n) is 3.46. The van der Waals surface area contributed by atoms with Crippen LogP contribution >= 0.6 is 11.3 Å². The monoisotopic (exact) mass is 288 g/mol. The minimum Gasteiger partial charge on any atom is -0.388 e. The molecule has 2 rings (SSSR count). The van der Waals surface area contributed by atoms with Crippen LogP contribution in [0.2, 0.25) is 0 Å². The van der Waals surface area contributed by atoms with E-state index in [1.165, 1.54) is 10.4 Å². The minimum atomic E-state index is -0.331. The van der Waals surface area contributed by atoms with Gasteiger partial charge in [-0.25, -0.2) is 0 Å². The summed E-state index contributed by atoms with van der Waals surface area (Å²) in [6, 6.07) is 12.7. The Kier molecular flexibility index (Phi) is 5.81. The molecule has 0 saturated heterocycles. The SMILES string of the molecule is CC(C)Cc1cccc(C(O)CCCc2cccs2)c1. The fourth-order valence-electron chi connectivity index (χ4n) is 2.49. The molecule has 20 heavy (non-hydrogen) atoms. The molecule has 2 heteroatoms. The van der Waals surface area contributed by atoms with Crippen LogP contribution < -0.4 is 0 Å². The molecular formula is C18H24OS. The smallest absolute Gasteiger partial charge is 0.0790 e. The van der Waals surface area contributed by atoms with E-state index in [0.717, 1.165) is 31.2 Å². The predicted octanol–water partition coefficient (Wildman–Crippen LogP) is 5.00. The fraction of sp³-hybridized carbons (Fsp3) is 0.444. The number of hydrogen-bond acceptors (Lipinski definition) is 2. The molecule has 1 N–H and O–H groups in total. The van der Waals surface area contributed by atoms with Crippen molar-refractivity contribution in [3.05, 3.63) is 57.8 Å². The van der Waals surface area contributed by atoms with Gasteiger partial charge in [-0.15, -0.1) is 11.3 Å². The maximum atomic E-state index is 10.3. The van der Waals surface area contributed by atoms with Crippen LogP contribution in [-0.2, 0) is 12.8 Å². The van der Waals surface area contributed by atoms with Gasteiger partial charge in [-0.05, 0) is 54.2 Å². The third kappa shape index (κ3) is 4.77. The zero-order valence-electron chi connectivity index (χ0n) is 12.4. The van der Waals surface area contributed by atoms with Crippen molar-refractivity contribution < 1.29 is 5.11 Å². The summed E-state index contributed by atoms with van der Waals surface area (Å²) < 4.78 is 0. The number of hydrogen-bond donors (Lipinski definition) is 1. The highest BCUT2D eigenvalue weighted by Gasteiger charge is 2.09. The topological polar surface area (TPSA) is 20.2 Å². The average molecular weight is 288 g/mol. The summed E-state index contributed by atoms with van der Waals surface area (Å²) in [5, 5.41) is 12.4. The lowest BCUT2D eigenvalue weighted by Crippen LogP contribution is -2.01. The van der Waals surface area contributed by atoms with Crippen molar-refractivity contribution in [1.82, 2.24) is 0 Å². The van der Waals surface area contributed by atoms with E-state index in [2.05, 4.69) is 49.6 Å². The summed E-state index contributed by atoms with van der Waals surface area (Å²) in [5.74, 6) is 0.654. The van der Waals surface area contributed by atoms with Gasteiger partial charge in [0.2, 0.25) is 0 Å². The Morgan fingerprint density at radius 3 is 2.70 bits per heavy atom. The molecule has 1 aromatic heterocycles. The third-order valence-corrected chi connectivity index (χ3v) is 4.40. The Balaban J connectivity index is 1.86. The van der Waals surface area contributed by atoms with Crippen molar-refractivity contribution in [1.29, 1.82) is 0 Å². The first-order valence-corrected chi connectivity index (χ1v) is 8.32. The van der Waals surface area contributed by atoms with E-state index >= 15 is 0 Å². The molecule has 2 aromatic rings. The van der Waals surface area contributed by atoms with E-state index in [4.69, 9.17) is 0 Å². The Morgan fingerprint density at radius 1 is 1.15 bits per heavy atom. The summed E-state index contributed by atoms with van der Waals surface area (Å²) in [6.07, 6.45) is 3.69. The first kappa shape index (κ1) is 15.3. The molecule has 1 heterocycles. The lowest BCUT2D eigenvalue weighted by molar-refractivity contribution is 0.164. The van der Waals surface area contributed by atoms with Crippen molar-refractivity contribution >= 4 is 11.3 Å². The van der Waals surface area contributed by atoms with Crippen molar-refractivity contribution in [2.75, 3.05) is 0 Å². The normalized spacial score (nSPS) is 12.8. The largest absolute Gasteiger partial charge is 0.388 e. The molecule has 0 aliphatic rings. The van der Waals surface area contributed by atoms with E-state index in [9.17, 15) is 5.11 Å². The maximum Gasteiger partial charge on any atom is 0.0790 e. The fourth-order valence-corrected chi connectivity index (χ4v) is 3.24. The van der Waals surface area contributed by atoms with Crippen LogP contribution in [0.4, 0.5) is 0 Å². The van der Waals surface area contributed by atoms with Gasteiger partial charge in [0.15, 0.2) is 0 Å². The molecule has 0 saturated carbocycles. The van der Waals surface area contributed by atoms with E-state index < -0.39 is 0 Å². The molecule has 1 unspecified atom stereocenters. The second-order valence-electron chi connectivity index (χ2n) is 5.83. The lowest BCUT2D eigenvalue weighted by Gasteiger charge is -2.13. The van der Waals surface area contributed by atoms with Crippen LogP contribution in [0.5, 0.6) is 0 Å². The second-order valence-corrected chi connectivity index (χ2v) is 6.86. The van der Waals surface area contributed by atoms with Gasteiger partial charge in [0.05, 0.1) is 6.10 Å². The van der Waals surface area contributed by atoms with Crippen LogP contribution in [0, 0.1) is 5.92 Å².